The maximum Gasteiger partial charge on any atom is 0.335 e. The van der Waals surface area contributed by atoms with E-state index in [2.05, 4.69) is 6.08 Å². The average Bonchev–Trinajstić information content (AvgIpc) is 2.80. The van der Waals surface area contributed by atoms with Gasteiger partial charge in [0.05, 0.1) is 12.7 Å². The molecule has 2 aliphatic carbocycles. The summed E-state index contributed by atoms with van der Waals surface area (Å²) in [6.45, 7) is 0. The van der Waals surface area contributed by atoms with E-state index in [1.165, 1.54) is 0 Å². The van der Waals surface area contributed by atoms with Crippen LogP contribution in [0.5, 0.6) is 0 Å². The minimum Gasteiger partial charge on any atom is -0.501 e. The van der Waals surface area contributed by atoms with E-state index >= 15 is 0 Å². The first-order valence-electron chi connectivity index (χ1n) is 7.79. The molecular formula is C20H19NO3. The van der Waals surface area contributed by atoms with Gasteiger partial charge in [-0.3, -0.25) is 0 Å². The molecule has 3 rings (SSSR count). The minimum absolute atomic E-state index is 0.324. The van der Waals surface area contributed by atoms with Crippen LogP contribution < -0.4 is 0 Å². The van der Waals surface area contributed by atoms with E-state index in [1.807, 2.05) is 53.4 Å². The van der Waals surface area contributed by atoms with Gasteiger partial charge in [-0.25, -0.2) is 4.79 Å². The second-order valence-electron chi connectivity index (χ2n) is 5.54. The summed E-state index contributed by atoms with van der Waals surface area (Å²) in [7, 11) is 1.68. The summed E-state index contributed by atoms with van der Waals surface area (Å²) in [5.41, 5.74) is 3.41. The van der Waals surface area contributed by atoms with E-state index in [9.17, 15) is 4.79 Å². The van der Waals surface area contributed by atoms with Gasteiger partial charge in [0.1, 0.15) is 5.76 Å². The summed E-state index contributed by atoms with van der Waals surface area (Å²) < 4.78 is 7.40. The van der Waals surface area contributed by atoms with Crippen LogP contribution in [-0.2, 0) is 9.53 Å². The average molecular weight is 321 g/mol. The largest absolute Gasteiger partial charge is 0.501 e. The Labute approximate surface area is 141 Å². The number of allylic oxidation sites excluding steroid dienone is 9. The van der Waals surface area contributed by atoms with Crippen LogP contribution in [0.15, 0.2) is 78.4 Å². The molecule has 0 fully saturated rings. The molecule has 0 aromatic carbocycles. The number of aliphatic carboxylic acids is 1. The van der Waals surface area contributed by atoms with Crippen LogP contribution in [0.4, 0.5) is 0 Å². The van der Waals surface area contributed by atoms with Crippen molar-refractivity contribution < 1.29 is 14.6 Å². The van der Waals surface area contributed by atoms with Gasteiger partial charge in [0.2, 0.25) is 0 Å². The lowest BCUT2D eigenvalue weighted by Gasteiger charge is -2.06. The molecule has 0 unspecified atom stereocenters. The molecule has 1 N–H and O–H groups in total. The first kappa shape index (κ1) is 15.9. The molecule has 1 aromatic heterocycles. The molecule has 24 heavy (non-hydrogen) atoms. The Morgan fingerprint density at radius 3 is 2.96 bits per heavy atom. The van der Waals surface area contributed by atoms with E-state index in [4.69, 9.17) is 9.84 Å². The highest BCUT2D eigenvalue weighted by molar-refractivity contribution is 5.91. The van der Waals surface area contributed by atoms with Crippen molar-refractivity contribution in [2.75, 3.05) is 7.11 Å². The Balaban J connectivity index is 1.85. The van der Waals surface area contributed by atoms with Gasteiger partial charge in [-0.1, -0.05) is 30.4 Å². The van der Waals surface area contributed by atoms with Crippen LogP contribution in [0.3, 0.4) is 0 Å². The molecule has 0 saturated carbocycles. The fourth-order valence-corrected chi connectivity index (χ4v) is 2.65. The first-order chi connectivity index (χ1) is 11.7. The number of carboxylic acids is 1. The van der Waals surface area contributed by atoms with Crippen LogP contribution >= 0.6 is 0 Å². The molecular weight excluding hydrogens is 302 g/mol. The fraction of sp³-hybridized carbons (Fsp3) is 0.150. The second kappa shape index (κ2) is 7.04. The molecule has 4 nitrogen and oxygen atoms in total. The number of hydrogen-bond donors (Lipinski definition) is 1. The molecule has 1 heterocycles. The number of carboxylic acid groups (broad SMARTS) is 1. The van der Waals surface area contributed by atoms with Crippen LogP contribution in [0.25, 0.3) is 11.3 Å². The van der Waals surface area contributed by atoms with Gasteiger partial charge < -0.3 is 14.4 Å². The molecule has 0 saturated heterocycles. The molecule has 4 heteroatoms. The highest BCUT2D eigenvalue weighted by Crippen LogP contribution is 2.24. The van der Waals surface area contributed by atoms with Gasteiger partial charge >= 0.3 is 5.97 Å². The summed E-state index contributed by atoms with van der Waals surface area (Å²) in [6, 6.07) is 2.03. The van der Waals surface area contributed by atoms with Crippen LogP contribution in [0.2, 0.25) is 0 Å². The number of aromatic nitrogens is 1. The Hall–Kier alpha value is -3.01. The predicted molar refractivity (Wildman–Crippen MR) is 95.0 cm³/mol. The molecule has 0 amide bonds. The third-order valence-electron chi connectivity index (χ3n) is 3.98. The van der Waals surface area contributed by atoms with E-state index in [-0.39, 0.29) is 0 Å². The zero-order chi connectivity index (χ0) is 16.9. The van der Waals surface area contributed by atoms with Gasteiger partial charge in [0.15, 0.2) is 0 Å². The third-order valence-corrected chi connectivity index (χ3v) is 3.98. The summed E-state index contributed by atoms with van der Waals surface area (Å²) in [6.07, 6.45) is 20.8. The number of carbonyl (C=O) groups is 1. The Bertz CT molecular complexity index is 829. The Morgan fingerprint density at radius 1 is 1.29 bits per heavy atom. The molecule has 0 radical (unpaired) electrons. The number of nitrogens with zero attached hydrogens (tertiary/aromatic N) is 1. The van der Waals surface area contributed by atoms with Crippen molar-refractivity contribution in [2.24, 2.45) is 0 Å². The van der Waals surface area contributed by atoms with E-state index < -0.39 is 5.97 Å². The maximum atomic E-state index is 11.1. The lowest BCUT2D eigenvalue weighted by atomic mass is 10.1. The molecule has 2 aliphatic rings. The Morgan fingerprint density at radius 2 is 2.17 bits per heavy atom. The van der Waals surface area contributed by atoms with Gasteiger partial charge in [-0.05, 0) is 35.8 Å². The van der Waals surface area contributed by atoms with Crippen molar-refractivity contribution in [1.29, 1.82) is 0 Å². The zero-order valence-corrected chi connectivity index (χ0v) is 13.5. The highest BCUT2D eigenvalue weighted by atomic mass is 16.5. The molecule has 1 aromatic rings. The van der Waals surface area contributed by atoms with E-state index in [1.54, 1.807) is 19.3 Å². The van der Waals surface area contributed by atoms with Crippen LogP contribution in [0, 0.1) is 0 Å². The summed E-state index contributed by atoms with van der Waals surface area (Å²) >= 11 is 0. The lowest BCUT2D eigenvalue weighted by molar-refractivity contribution is -0.132. The predicted octanol–water partition coefficient (Wildman–Crippen LogP) is 4.17. The second-order valence-corrected chi connectivity index (χ2v) is 5.54. The van der Waals surface area contributed by atoms with Crippen molar-refractivity contribution in [3.63, 3.8) is 0 Å². The highest BCUT2D eigenvalue weighted by Gasteiger charge is 2.09. The van der Waals surface area contributed by atoms with Crippen molar-refractivity contribution in [3.8, 4) is 0 Å². The van der Waals surface area contributed by atoms with Crippen molar-refractivity contribution >= 4 is 17.2 Å². The van der Waals surface area contributed by atoms with E-state index in [0.29, 0.717) is 12.0 Å². The smallest absolute Gasteiger partial charge is 0.335 e. The van der Waals surface area contributed by atoms with Gasteiger partial charge in [0.25, 0.3) is 0 Å². The first-order valence-corrected chi connectivity index (χ1v) is 7.79. The van der Waals surface area contributed by atoms with E-state index in [0.717, 1.165) is 29.0 Å². The molecule has 0 bridgehead atoms. The lowest BCUT2D eigenvalue weighted by Crippen LogP contribution is -1.96. The topological polar surface area (TPSA) is 51.5 Å². The van der Waals surface area contributed by atoms with Gasteiger partial charge in [0, 0.05) is 30.6 Å². The van der Waals surface area contributed by atoms with Crippen LogP contribution in [-0.4, -0.2) is 22.8 Å². The normalized spacial score (nSPS) is 17.2. The molecule has 122 valence electrons. The minimum atomic E-state index is -0.897. The SMILES string of the molecule is COC1=CC(n2ccc(C3=CCC=C(C(=O)O)C=C3)c2)=CC=CC1. The van der Waals surface area contributed by atoms with Crippen molar-refractivity contribution in [3.05, 3.63) is 84.0 Å². The van der Waals surface area contributed by atoms with Crippen LogP contribution in [0.1, 0.15) is 18.4 Å². The third kappa shape index (κ3) is 3.49. The number of methoxy groups -OCH3 is 1. The fourth-order valence-electron chi connectivity index (χ4n) is 2.65. The number of rotatable bonds is 4. The summed E-state index contributed by atoms with van der Waals surface area (Å²) in [4.78, 5) is 11.1. The molecule has 0 spiro atoms. The quantitative estimate of drug-likeness (QED) is 0.905. The Kier molecular flexibility index (Phi) is 4.66. The van der Waals surface area contributed by atoms with Crippen molar-refractivity contribution in [1.82, 2.24) is 4.57 Å². The number of ether oxygens (including phenoxy) is 1. The summed E-state index contributed by atoms with van der Waals surface area (Å²) in [5.74, 6) is 0.0141. The standard InChI is InChI=1S/C20H19NO3/c1-24-19-8-3-2-7-18(13-19)21-12-11-17(14-21)15-5-4-6-16(10-9-15)20(22)23/h2-3,5-7,9-14H,4,8H2,1H3,(H,22,23). The monoisotopic (exact) mass is 321 g/mol. The zero-order valence-electron chi connectivity index (χ0n) is 13.5. The molecule has 0 aliphatic heterocycles. The van der Waals surface area contributed by atoms with Gasteiger partial charge in [-0.15, -0.1) is 0 Å². The maximum absolute atomic E-state index is 11.1. The van der Waals surface area contributed by atoms with Crippen molar-refractivity contribution in [2.45, 2.75) is 12.8 Å². The summed E-state index contributed by atoms with van der Waals surface area (Å²) in [5, 5.41) is 9.09. The number of hydrogen-bond acceptors (Lipinski definition) is 2. The van der Waals surface area contributed by atoms with Gasteiger partial charge in [-0.2, -0.15) is 0 Å². The molecule has 0 atom stereocenters.